The van der Waals surface area contributed by atoms with Gasteiger partial charge in [-0.25, -0.2) is 9.37 Å². The summed E-state index contributed by atoms with van der Waals surface area (Å²) in [7, 11) is 0. The zero-order valence-corrected chi connectivity index (χ0v) is 19.4. The third kappa shape index (κ3) is 4.52. The molecule has 170 valence electrons. The van der Waals surface area contributed by atoms with Crippen molar-refractivity contribution in [2.75, 3.05) is 5.32 Å². The number of fused-ring (bicyclic) bond motifs is 2. The lowest BCUT2D eigenvalue weighted by Gasteiger charge is -2.09. The van der Waals surface area contributed by atoms with Crippen molar-refractivity contribution in [1.82, 2.24) is 9.97 Å². The minimum atomic E-state index is -0.292. The first-order chi connectivity index (χ1) is 16.5. The normalized spacial score (nSPS) is 11.3. The van der Waals surface area contributed by atoms with E-state index in [1.807, 2.05) is 49.4 Å². The van der Waals surface area contributed by atoms with Crippen LogP contribution in [0.5, 0.6) is 0 Å². The zero-order valence-electron chi connectivity index (χ0n) is 18.7. The fourth-order valence-corrected chi connectivity index (χ4v) is 4.44. The number of carbonyl (C=O) groups is 1. The zero-order chi connectivity index (χ0) is 23.7. The lowest BCUT2D eigenvalue weighted by Crippen LogP contribution is -2.12. The van der Waals surface area contributed by atoms with Gasteiger partial charge in [-0.05, 0) is 73.4 Å². The standard InChI is InChI=1S/C28H23ClFN3O/c1-17-9-11-19(29)15-26(17)32-27(34)8-4-6-21-22-16-20(30)12-14-24(22)33-28(21)25-13-10-18-5-2-3-7-23(18)31-25/h2-3,5,7,9-16,33H,4,6,8H2,1H3,(H,32,34). The fourth-order valence-electron chi connectivity index (χ4n) is 4.27. The molecule has 0 aliphatic rings. The van der Waals surface area contributed by atoms with Gasteiger partial charge in [0.05, 0.1) is 16.9 Å². The molecule has 2 heterocycles. The lowest BCUT2D eigenvalue weighted by molar-refractivity contribution is -0.116. The molecule has 0 unspecified atom stereocenters. The number of para-hydroxylation sites is 1. The van der Waals surface area contributed by atoms with E-state index in [-0.39, 0.29) is 11.7 Å². The Bertz CT molecular complexity index is 1530. The molecule has 2 aromatic heterocycles. The molecule has 0 spiro atoms. The third-order valence-electron chi connectivity index (χ3n) is 6.03. The van der Waals surface area contributed by atoms with Gasteiger partial charge in [0.2, 0.25) is 5.91 Å². The van der Waals surface area contributed by atoms with E-state index in [0.717, 1.165) is 44.3 Å². The highest BCUT2D eigenvalue weighted by atomic mass is 35.5. The van der Waals surface area contributed by atoms with Gasteiger partial charge in [0.1, 0.15) is 5.82 Å². The van der Waals surface area contributed by atoms with Crippen LogP contribution >= 0.6 is 11.6 Å². The van der Waals surface area contributed by atoms with E-state index in [1.54, 1.807) is 24.3 Å². The van der Waals surface area contributed by atoms with Crippen LogP contribution in [0.4, 0.5) is 10.1 Å². The van der Waals surface area contributed by atoms with Crippen LogP contribution in [0, 0.1) is 12.7 Å². The Labute approximate surface area is 201 Å². The van der Waals surface area contributed by atoms with Crippen LogP contribution in [0.2, 0.25) is 5.02 Å². The number of anilines is 1. The molecule has 0 radical (unpaired) electrons. The number of rotatable bonds is 6. The molecule has 4 nitrogen and oxygen atoms in total. The Morgan fingerprint density at radius 2 is 1.91 bits per heavy atom. The van der Waals surface area contributed by atoms with Gasteiger partial charge in [0, 0.05) is 33.4 Å². The van der Waals surface area contributed by atoms with Gasteiger partial charge < -0.3 is 10.3 Å². The molecule has 0 aliphatic heterocycles. The summed E-state index contributed by atoms with van der Waals surface area (Å²) in [5.41, 5.74) is 6.03. The van der Waals surface area contributed by atoms with Crippen LogP contribution in [0.1, 0.15) is 24.0 Å². The number of nitrogens with zero attached hydrogens (tertiary/aromatic N) is 1. The number of hydrogen-bond acceptors (Lipinski definition) is 2. The van der Waals surface area contributed by atoms with Gasteiger partial charge in [-0.1, -0.05) is 41.9 Å². The van der Waals surface area contributed by atoms with Crippen molar-refractivity contribution < 1.29 is 9.18 Å². The van der Waals surface area contributed by atoms with Crippen LogP contribution in [-0.4, -0.2) is 15.9 Å². The predicted octanol–water partition coefficient (Wildman–Crippen LogP) is 7.45. The van der Waals surface area contributed by atoms with E-state index in [2.05, 4.69) is 10.3 Å². The number of carbonyl (C=O) groups excluding carboxylic acids is 1. The number of aryl methyl sites for hydroxylation is 2. The number of pyridine rings is 1. The third-order valence-corrected chi connectivity index (χ3v) is 6.26. The maximum absolute atomic E-state index is 14.1. The van der Waals surface area contributed by atoms with Crippen LogP contribution in [0.25, 0.3) is 33.2 Å². The summed E-state index contributed by atoms with van der Waals surface area (Å²) in [4.78, 5) is 20.8. The second-order valence-corrected chi connectivity index (χ2v) is 8.86. The molecule has 5 rings (SSSR count). The number of amides is 1. The number of aromatic amines is 1. The Morgan fingerprint density at radius 3 is 2.79 bits per heavy atom. The average molecular weight is 472 g/mol. The second kappa shape index (κ2) is 9.27. The molecule has 0 aliphatic carbocycles. The maximum Gasteiger partial charge on any atom is 0.224 e. The summed E-state index contributed by atoms with van der Waals surface area (Å²) < 4.78 is 14.1. The quantitative estimate of drug-likeness (QED) is 0.270. The highest BCUT2D eigenvalue weighted by molar-refractivity contribution is 6.31. The van der Waals surface area contributed by atoms with Gasteiger partial charge >= 0.3 is 0 Å². The van der Waals surface area contributed by atoms with Crippen LogP contribution in [-0.2, 0) is 11.2 Å². The first kappa shape index (κ1) is 22.1. The van der Waals surface area contributed by atoms with Crippen molar-refractivity contribution in [3.8, 4) is 11.4 Å². The van der Waals surface area contributed by atoms with Gasteiger partial charge in [-0.15, -0.1) is 0 Å². The molecule has 0 bridgehead atoms. The van der Waals surface area contributed by atoms with Gasteiger partial charge in [0.15, 0.2) is 0 Å². The fraction of sp³-hybridized carbons (Fsp3) is 0.143. The lowest BCUT2D eigenvalue weighted by atomic mass is 10.0. The Morgan fingerprint density at radius 1 is 1.06 bits per heavy atom. The highest BCUT2D eigenvalue weighted by Crippen LogP contribution is 2.32. The number of hydrogen-bond donors (Lipinski definition) is 2. The molecule has 3 aromatic carbocycles. The van der Waals surface area contributed by atoms with Crippen molar-refractivity contribution in [1.29, 1.82) is 0 Å². The smallest absolute Gasteiger partial charge is 0.224 e. The van der Waals surface area contributed by atoms with Crippen LogP contribution < -0.4 is 5.32 Å². The van der Waals surface area contributed by atoms with Gasteiger partial charge in [0.25, 0.3) is 0 Å². The van der Waals surface area contributed by atoms with E-state index in [0.29, 0.717) is 30.0 Å². The van der Waals surface area contributed by atoms with E-state index in [9.17, 15) is 9.18 Å². The first-order valence-corrected chi connectivity index (χ1v) is 11.6. The topological polar surface area (TPSA) is 57.8 Å². The first-order valence-electron chi connectivity index (χ1n) is 11.2. The Kier molecular flexibility index (Phi) is 6.03. The monoisotopic (exact) mass is 471 g/mol. The highest BCUT2D eigenvalue weighted by Gasteiger charge is 2.16. The minimum Gasteiger partial charge on any atom is -0.353 e. The Balaban J connectivity index is 1.41. The molecule has 5 aromatic rings. The summed E-state index contributed by atoms with van der Waals surface area (Å²) in [6, 6.07) is 22.1. The number of benzene rings is 3. The Hall–Kier alpha value is -3.70. The average Bonchev–Trinajstić information content (AvgIpc) is 3.19. The van der Waals surface area contributed by atoms with Gasteiger partial charge in [-0.3, -0.25) is 4.79 Å². The second-order valence-electron chi connectivity index (χ2n) is 8.42. The molecule has 0 atom stereocenters. The summed E-state index contributed by atoms with van der Waals surface area (Å²) >= 11 is 6.06. The maximum atomic E-state index is 14.1. The number of nitrogens with one attached hydrogen (secondary N) is 2. The molecule has 34 heavy (non-hydrogen) atoms. The van der Waals surface area contributed by atoms with E-state index < -0.39 is 0 Å². The van der Waals surface area contributed by atoms with Crippen molar-refractivity contribution in [3.63, 3.8) is 0 Å². The summed E-state index contributed by atoms with van der Waals surface area (Å²) in [5, 5.41) is 5.39. The molecular weight excluding hydrogens is 449 g/mol. The number of aromatic nitrogens is 2. The predicted molar refractivity (Wildman–Crippen MR) is 137 cm³/mol. The van der Waals surface area contributed by atoms with E-state index >= 15 is 0 Å². The molecule has 0 saturated carbocycles. The van der Waals surface area contributed by atoms with E-state index in [4.69, 9.17) is 16.6 Å². The number of H-pyrrole nitrogens is 1. The van der Waals surface area contributed by atoms with Crippen molar-refractivity contribution in [2.24, 2.45) is 0 Å². The molecule has 0 fully saturated rings. The minimum absolute atomic E-state index is 0.0817. The van der Waals surface area contributed by atoms with E-state index in [1.165, 1.54) is 6.07 Å². The largest absolute Gasteiger partial charge is 0.353 e. The van der Waals surface area contributed by atoms with Crippen molar-refractivity contribution in [2.45, 2.75) is 26.2 Å². The summed E-state index contributed by atoms with van der Waals surface area (Å²) in [6.45, 7) is 1.93. The van der Waals surface area contributed by atoms with Crippen LogP contribution in [0.15, 0.2) is 72.8 Å². The van der Waals surface area contributed by atoms with Crippen LogP contribution in [0.3, 0.4) is 0 Å². The van der Waals surface area contributed by atoms with Crippen molar-refractivity contribution in [3.05, 3.63) is 94.8 Å². The molecule has 1 amide bonds. The molecular formula is C28H23ClFN3O. The molecule has 6 heteroatoms. The van der Waals surface area contributed by atoms with Gasteiger partial charge in [-0.2, -0.15) is 0 Å². The summed E-state index contributed by atoms with van der Waals surface area (Å²) in [5.74, 6) is -0.373. The van der Waals surface area contributed by atoms with Crippen molar-refractivity contribution >= 4 is 45.0 Å². The molecule has 2 N–H and O–H groups in total. The molecule has 0 saturated heterocycles. The SMILES string of the molecule is Cc1ccc(Cl)cc1NC(=O)CCCc1c(-c2ccc3ccccc3n2)[nH]c2ccc(F)cc12. The number of halogens is 2. The summed E-state index contributed by atoms with van der Waals surface area (Å²) in [6.07, 6.45) is 1.54.